The lowest BCUT2D eigenvalue weighted by Crippen LogP contribution is -2.18. The van der Waals surface area contributed by atoms with Gasteiger partial charge in [0.1, 0.15) is 5.82 Å². The molecule has 0 spiro atoms. The van der Waals surface area contributed by atoms with Crippen LogP contribution in [0.25, 0.3) is 0 Å². The van der Waals surface area contributed by atoms with Gasteiger partial charge < -0.3 is 5.32 Å². The summed E-state index contributed by atoms with van der Waals surface area (Å²) >= 11 is 5.59. The first-order valence-corrected chi connectivity index (χ1v) is 6.54. The van der Waals surface area contributed by atoms with Crippen molar-refractivity contribution in [2.24, 2.45) is 0 Å². The van der Waals surface area contributed by atoms with Crippen LogP contribution in [0.4, 0.5) is 18.9 Å². The molecular weight excluding hydrogens is 319 g/mol. The van der Waals surface area contributed by atoms with Crippen molar-refractivity contribution >= 4 is 23.2 Å². The fraction of sp³-hybridized carbons (Fsp3) is 0.214. The number of hydrogen-bond acceptors (Lipinski definition) is 3. The van der Waals surface area contributed by atoms with Gasteiger partial charge in [-0.1, -0.05) is 11.6 Å². The molecule has 22 heavy (non-hydrogen) atoms. The lowest BCUT2D eigenvalue weighted by molar-refractivity contribution is -0.136. The minimum Gasteiger partial charge on any atom is -0.321 e. The van der Waals surface area contributed by atoms with Crippen LogP contribution in [0.5, 0.6) is 0 Å². The largest absolute Gasteiger partial charge is 0.418 e. The fourth-order valence-electron chi connectivity index (χ4n) is 1.86. The minimum atomic E-state index is -4.63. The second-order valence-corrected chi connectivity index (χ2v) is 4.99. The Balaban J connectivity index is 2.36. The quantitative estimate of drug-likeness (QED) is 0.905. The molecule has 0 radical (unpaired) electrons. The minimum absolute atomic E-state index is 0.0693. The van der Waals surface area contributed by atoms with Crippen LogP contribution in [-0.2, 0) is 6.18 Å². The van der Waals surface area contributed by atoms with Gasteiger partial charge in [0.15, 0.2) is 0 Å². The third kappa shape index (κ3) is 3.54. The summed E-state index contributed by atoms with van der Waals surface area (Å²) in [6, 6.07) is 3.13. The van der Waals surface area contributed by atoms with Crippen molar-refractivity contribution in [2.45, 2.75) is 20.0 Å². The Morgan fingerprint density at radius 1 is 1.27 bits per heavy atom. The highest BCUT2D eigenvalue weighted by Gasteiger charge is 2.34. The molecule has 4 nitrogen and oxygen atoms in total. The summed E-state index contributed by atoms with van der Waals surface area (Å²) in [4.78, 5) is 20.0. The Kier molecular flexibility index (Phi) is 4.37. The number of rotatable bonds is 2. The third-order valence-corrected chi connectivity index (χ3v) is 3.11. The summed E-state index contributed by atoms with van der Waals surface area (Å²) in [6.07, 6.45) is -3.36. The van der Waals surface area contributed by atoms with E-state index >= 15 is 0 Å². The molecule has 0 aliphatic heterocycles. The average Bonchev–Trinajstić information content (AvgIpc) is 2.39. The highest BCUT2D eigenvalue weighted by Crippen LogP contribution is 2.36. The molecule has 0 unspecified atom stereocenters. The molecule has 1 aromatic carbocycles. The van der Waals surface area contributed by atoms with E-state index in [0.717, 1.165) is 12.1 Å². The van der Waals surface area contributed by atoms with Crippen LogP contribution < -0.4 is 5.32 Å². The molecule has 0 atom stereocenters. The van der Waals surface area contributed by atoms with Gasteiger partial charge in [0.05, 0.1) is 22.5 Å². The summed E-state index contributed by atoms with van der Waals surface area (Å²) in [5, 5.41) is 2.15. The van der Waals surface area contributed by atoms with Gasteiger partial charge in [0, 0.05) is 11.2 Å². The first-order valence-electron chi connectivity index (χ1n) is 6.17. The van der Waals surface area contributed by atoms with E-state index in [1.165, 1.54) is 12.3 Å². The molecule has 0 aliphatic rings. The zero-order valence-electron chi connectivity index (χ0n) is 11.6. The monoisotopic (exact) mass is 329 g/mol. The second kappa shape index (κ2) is 5.92. The maximum absolute atomic E-state index is 13.0. The topological polar surface area (TPSA) is 54.9 Å². The number of alkyl halides is 3. The third-order valence-electron chi connectivity index (χ3n) is 2.88. The molecule has 1 amide bonds. The Labute approximate surface area is 129 Å². The summed E-state index contributed by atoms with van der Waals surface area (Å²) in [7, 11) is 0. The SMILES string of the molecule is Cc1ncc(C(=O)Nc2ccc(Cl)cc2C(F)(F)F)c(C)n1. The van der Waals surface area contributed by atoms with Gasteiger partial charge in [0.2, 0.25) is 0 Å². The number of anilines is 1. The van der Waals surface area contributed by atoms with E-state index in [-0.39, 0.29) is 16.3 Å². The molecule has 0 bridgehead atoms. The molecule has 1 heterocycles. The maximum Gasteiger partial charge on any atom is 0.418 e. The number of carbonyl (C=O) groups is 1. The molecule has 116 valence electrons. The van der Waals surface area contributed by atoms with E-state index in [0.29, 0.717) is 11.5 Å². The highest BCUT2D eigenvalue weighted by atomic mass is 35.5. The molecule has 8 heteroatoms. The number of carbonyl (C=O) groups excluding carboxylic acids is 1. The molecule has 0 fully saturated rings. The van der Waals surface area contributed by atoms with E-state index in [1.807, 2.05) is 0 Å². The number of amides is 1. The van der Waals surface area contributed by atoms with Gasteiger partial charge >= 0.3 is 6.18 Å². The highest BCUT2D eigenvalue weighted by molar-refractivity contribution is 6.30. The average molecular weight is 330 g/mol. The number of aromatic nitrogens is 2. The molecule has 1 N–H and O–H groups in total. The predicted octanol–water partition coefficient (Wildman–Crippen LogP) is 4.02. The lowest BCUT2D eigenvalue weighted by atomic mass is 10.1. The van der Waals surface area contributed by atoms with Gasteiger partial charge in [-0.15, -0.1) is 0 Å². The van der Waals surface area contributed by atoms with Crippen molar-refractivity contribution in [3.05, 3.63) is 52.1 Å². The van der Waals surface area contributed by atoms with Gasteiger partial charge in [-0.2, -0.15) is 13.2 Å². The van der Waals surface area contributed by atoms with Crippen LogP contribution >= 0.6 is 11.6 Å². The van der Waals surface area contributed by atoms with E-state index < -0.39 is 17.6 Å². The summed E-state index contributed by atoms with van der Waals surface area (Å²) in [5.74, 6) is -0.248. The number of halogens is 4. The molecule has 0 saturated carbocycles. The summed E-state index contributed by atoms with van der Waals surface area (Å²) in [5.41, 5.74) is -0.901. The van der Waals surface area contributed by atoms with E-state index in [4.69, 9.17) is 11.6 Å². The number of aryl methyl sites for hydroxylation is 2. The molecule has 0 saturated heterocycles. The zero-order chi connectivity index (χ0) is 16.5. The van der Waals surface area contributed by atoms with Crippen molar-refractivity contribution < 1.29 is 18.0 Å². The summed E-state index contributed by atoms with van der Waals surface area (Å²) < 4.78 is 38.9. The van der Waals surface area contributed by atoms with Crippen molar-refractivity contribution in [1.82, 2.24) is 9.97 Å². The van der Waals surface area contributed by atoms with Gasteiger partial charge in [0.25, 0.3) is 5.91 Å². The van der Waals surface area contributed by atoms with Crippen LogP contribution in [0.2, 0.25) is 5.02 Å². The van der Waals surface area contributed by atoms with Crippen molar-refractivity contribution in [1.29, 1.82) is 0 Å². The second-order valence-electron chi connectivity index (χ2n) is 4.56. The van der Waals surface area contributed by atoms with Gasteiger partial charge in [-0.05, 0) is 32.0 Å². The van der Waals surface area contributed by atoms with Crippen molar-refractivity contribution in [2.75, 3.05) is 5.32 Å². The number of hydrogen-bond donors (Lipinski definition) is 1. The van der Waals surface area contributed by atoms with Crippen LogP contribution in [0.1, 0.15) is 27.4 Å². The van der Waals surface area contributed by atoms with Gasteiger partial charge in [-0.25, -0.2) is 9.97 Å². The van der Waals surface area contributed by atoms with Crippen molar-refractivity contribution in [3.8, 4) is 0 Å². The van der Waals surface area contributed by atoms with Crippen LogP contribution in [-0.4, -0.2) is 15.9 Å². The molecular formula is C14H11ClF3N3O. The van der Waals surface area contributed by atoms with Crippen LogP contribution in [0.3, 0.4) is 0 Å². The molecule has 1 aromatic heterocycles. The normalized spacial score (nSPS) is 11.4. The molecule has 0 aliphatic carbocycles. The number of nitrogens with one attached hydrogen (secondary N) is 1. The summed E-state index contributed by atoms with van der Waals surface area (Å²) in [6.45, 7) is 3.23. The predicted molar refractivity (Wildman–Crippen MR) is 75.9 cm³/mol. The Hall–Kier alpha value is -2.15. The molecule has 2 rings (SSSR count). The first-order chi connectivity index (χ1) is 10.2. The zero-order valence-corrected chi connectivity index (χ0v) is 12.4. The van der Waals surface area contributed by atoms with Crippen molar-refractivity contribution in [3.63, 3.8) is 0 Å². The fourth-order valence-corrected chi connectivity index (χ4v) is 2.03. The van der Waals surface area contributed by atoms with Crippen LogP contribution in [0, 0.1) is 13.8 Å². The Morgan fingerprint density at radius 2 is 1.95 bits per heavy atom. The Bertz CT molecular complexity index is 732. The lowest BCUT2D eigenvalue weighted by Gasteiger charge is -2.14. The Morgan fingerprint density at radius 3 is 2.55 bits per heavy atom. The van der Waals surface area contributed by atoms with E-state index in [1.54, 1.807) is 13.8 Å². The van der Waals surface area contributed by atoms with E-state index in [9.17, 15) is 18.0 Å². The number of nitrogens with zero attached hydrogens (tertiary/aromatic N) is 2. The number of benzene rings is 1. The maximum atomic E-state index is 13.0. The van der Waals surface area contributed by atoms with Crippen LogP contribution in [0.15, 0.2) is 24.4 Å². The first kappa shape index (κ1) is 16.2. The van der Waals surface area contributed by atoms with Gasteiger partial charge in [-0.3, -0.25) is 4.79 Å². The standard InChI is InChI=1S/C14H11ClF3N3O/c1-7-10(6-19-8(2)20-7)13(22)21-12-4-3-9(15)5-11(12)14(16,17)18/h3-6H,1-2H3,(H,21,22). The molecule has 2 aromatic rings. The smallest absolute Gasteiger partial charge is 0.321 e. The van der Waals surface area contributed by atoms with E-state index in [2.05, 4.69) is 15.3 Å².